The number of hydrogen-bond donors (Lipinski definition) is 1. The summed E-state index contributed by atoms with van der Waals surface area (Å²) in [6, 6.07) is 8.36. The molecule has 0 spiro atoms. The van der Waals surface area contributed by atoms with Gasteiger partial charge in [0.05, 0.1) is 26.4 Å². The molecule has 1 N–H and O–H groups in total. The highest BCUT2D eigenvalue weighted by Gasteiger charge is 2.32. The molecule has 2 atom stereocenters. The van der Waals surface area contributed by atoms with Crippen LogP contribution in [0.2, 0.25) is 0 Å². The standard InChI is InChI=1S/C23H29NO5S/c25-10-11-27-12-13-28-22-15-17(19-16-30-21-7-3-2-6-18(19)21)14-20(29-22)23(26)24-8-4-1-5-9-24/h2-3,6-7,14,16-17,22,25H,1,4-5,8-13,15H2/t17-,22+/m0/s1. The Hall–Kier alpha value is -1.93. The molecule has 2 aliphatic heterocycles. The van der Waals surface area contributed by atoms with E-state index in [1.165, 1.54) is 22.1 Å². The smallest absolute Gasteiger partial charge is 0.288 e. The van der Waals surface area contributed by atoms with Crippen LogP contribution in [0.15, 0.2) is 41.5 Å². The van der Waals surface area contributed by atoms with Crippen molar-refractivity contribution >= 4 is 27.3 Å². The van der Waals surface area contributed by atoms with E-state index < -0.39 is 6.29 Å². The number of allylic oxidation sites excluding steroid dienone is 1. The molecular formula is C23H29NO5S. The number of carbonyl (C=O) groups is 1. The van der Waals surface area contributed by atoms with E-state index >= 15 is 0 Å². The van der Waals surface area contributed by atoms with Gasteiger partial charge in [0.15, 0.2) is 5.76 Å². The molecule has 1 saturated heterocycles. The van der Waals surface area contributed by atoms with Gasteiger partial charge in [-0.25, -0.2) is 0 Å². The SMILES string of the molecule is O=C(C1=C[C@H](c2csc3ccccc23)C[C@H](OCCOCCO)O1)N1CCCCC1. The molecule has 0 radical (unpaired) electrons. The minimum absolute atomic E-state index is 0.00947. The summed E-state index contributed by atoms with van der Waals surface area (Å²) in [5.74, 6) is 0.413. The maximum atomic E-state index is 13.1. The normalized spacial score (nSPS) is 22.0. The van der Waals surface area contributed by atoms with Crippen LogP contribution in [0, 0.1) is 0 Å². The fraction of sp³-hybridized carbons (Fsp3) is 0.522. The molecule has 3 heterocycles. The number of ether oxygens (including phenoxy) is 3. The maximum absolute atomic E-state index is 13.1. The summed E-state index contributed by atoms with van der Waals surface area (Å²) in [6.07, 6.45) is 5.39. The number of amides is 1. The first-order chi connectivity index (χ1) is 14.8. The number of fused-ring (bicyclic) bond motifs is 1. The highest BCUT2D eigenvalue weighted by atomic mass is 32.1. The van der Waals surface area contributed by atoms with E-state index in [1.54, 1.807) is 11.3 Å². The Bertz CT molecular complexity index is 873. The zero-order chi connectivity index (χ0) is 20.8. The van der Waals surface area contributed by atoms with Gasteiger partial charge in [-0.3, -0.25) is 4.79 Å². The number of thiophene rings is 1. The molecule has 0 saturated carbocycles. The number of hydrogen-bond acceptors (Lipinski definition) is 6. The van der Waals surface area contributed by atoms with Crippen LogP contribution < -0.4 is 0 Å². The van der Waals surface area contributed by atoms with Crippen LogP contribution in [-0.2, 0) is 19.0 Å². The molecule has 6 nitrogen and oxygen atoms in total. The van der Waals surface area contributed by atoms with Gasteiger partial charge < -0.3 is 24.2 Å². The number of rotatable bonds is 8. The van der Waals surface area contributed by atoms with E-state index in [2.05, 4.69) is 17.5 Å². The van der Waals surface area contributed by atoms with Gasteiger partial charge in [0.25, 0.3) is 5.91 Å². The first kappa shape index (κ1) is 21.3. The minimum atomic E-state index is -0.500. The monoisotopic (exact) mass is 431 g/mol. The third-order valence-electron chi connectivity index (χ3n) is 5.59. The third-order valence-corrected chi connectivity index (χ3v) is 6.57. The lowest BCUT2D eigenvalue weighted by atomic mass is 9.92. The minimum Gasteiger partial charge on any atom is -0.459 e. The van der Waals surface area contributed by atoms with Crippen molar-refractivity contribution in [1.29, 1.82) is 0 Å². The van der Waals surface area contributed by atoms with E-state index in [0.717, 1.165) is 25.9 Å². The van der Waals surface area contributed by atoms with Gasteiger partial charge in [-0.1, -0.05) is 18.2 Å². The third kappa shape index (κ3) is 5.03. The van der Waals surface area contributed by atoms with Gasteiger partial charge in [0.1, 0.15) is 0 Å². The molecule has 4 rings (SSSR count). The van der Waals surface area contributed by atoms with Crippen LogP contribution in [0.4, 0.5) is 0 Å². The van der Waals surface area contributed by atoms with E-state index in [0.29, 0.717) is 25.4 Å². The van der Waals surface area contributed by atoms with Gasteiger partial charge in [-0.05, 0) is 47.7 Å². The highest BCUT2D eigenvalue weighted by Crippen LogP contribution is 2.38. The highest BCUT2D eigenvalue weighted by molar-refractivity contribution is 7.17. The zero-order valence-corrected chi connectivity index (χ0v) is 17.9. The molecule has 1 aromatic heterocycles. The summed E-state index contributed by atoms with van der Waals surface area (Å²) < 4.78 is 18.4. The molecule has 0 bridgehead atoms. The summed E-state index contributed by atoms with van der Waals surface area (Å²) in [6.45, 7) is 2.58. The lowest BCUT2D eigenvalue weighted by molar-refractivity contribution is -0.157. The molecular weight excluding hydrogens is 402 g/mol. The van der Waals surface area contributed by atoms with Crippen molar-refractivity contribution in [3.63, 3.8) is 0 Å². The molecule has 30 heavy (non-hydrogen) atoms. The molecule has 1 amide bonds. The predicted molar refractivity (Wildman–Crippen MR) is 116 cm³/mol. The Morgan fingerprint density at radius 3 is 2.83 bits per heavy atom. The van der Waals surface area contributed by atoms with E-state index in [9.17, 15) is 4.79 Å². The summed E-state index contributed by atoms with van der Waals surface area (Å²) >= 11 is 1.72. The molecule has 162 valence electrons. The molecule has 1 fully saturated rings. The van der Waals surface area contributed by atoms with Gasteiger partial charge in [-0.2, -0.15) is 0 Å². The van der Waals surface area contributed by atoms with Crippen LogP contribution in [0.25, 0.3) is 10.1 Å². The second-order valence-corrected chi connectivity index (χ2v) is 8.58. The van der Waals surface area contributed by atoms with Crippen LogP contribution in [0.3, 0.4) is 0 Å². The van der Waals surface area contributed by atoms with E-state index in [4.69, 9.17) is 19.3 Å². The number of nitrogens with zero attached hydrogens (tertiary/aromatic N) is 1. The second kappa shape index (κ2) is 10.4. The van der Waals surface area contributed by atoms with Crippen molar-refractivity contribution in [2.75, 3.05) is 39.5 Å². The van der Waals surface area contributed by atoms with Gasteiger partial charge in [0.2, 0.25) is 6.29 Å². The largest absolute Gasteiger partial charge is 0.459 e. The predicted octanol–water partition coefficient (Wildman–Crippen LogP) is 3.65. The number of likely N-dealkylation sites (tertiary alicyclic amines) is 1. The Balaban J connectivity index is 1.53. The molecule has 7 heteroatoms. The maximum Gasteiger partial charge on any atom is 0.288 e. The van der Waals surface area contributed by atoms with Crippen LogP contribution >= 0.6 is 11.3 Å². The fourth-order valence-corrected chi connectivity index (χ4v) is 5.10. The summed E-state index contributed by atoms with van der Waals surface area (Å²) in [5.41, 5.74) is 1.22. The first-order valence-electron chi connectivity index (χ1n) is 10.7. The number of piperidine rings is 1. The quantitative estimate of drug-likeness (QED) is 0.646. The number of aliphatic hydroxyl groups is 1. The molecule has 2 aromatic rings. The Morgan fingerprint density at radius 1 is 1.17 bits per heavy atom. The van der Waals surface area contributed by atoms with Crippen LogP contribution in [0.5, 0.6) is 0 Å². The molecule has 0 unspecified atom stereocenters. The van der Waals surface area contributed by atoms with Gasteiger partial charge in [0, 0.05) is 30.1 Å². The number of carbonyl (C=O) groups excluding carboxylic acids is 1. The Kier molecular flexibility index (Phi) is 7.38. The molecule has 1 aromatic carbocycles. The first-order valence-corrected chi connectivity index (χ1v) is 11.6. The Labute approximate surface area is 181 Å². The lowest BCUT2D eigenvalue weighted by Gasteiger charge is -2.33. The van der Waals surface area contributed by atoms with Crippen molar-refractivity contribution in [1.82, 2.24) is 4.90 Å². The van der Waals surface area contributed by atoms with E-state index in [1.807, 2.05) is 23.1 Å². The van der Waals surface area contributed by atoms with Crippen LogP contribution in [-0.4, -0.2) is 61.7 Å². The van der Waals surface area contributed by atoms with Crippen molar-refractivity contribution in [2.24, 2.45) is 0 Å². The summed E-state index contributed by atoms with van der Waals surface area (Å²) in [7, 11) is 0. The average Bonchev–Trinajstić information content (AvgIpc) is 3.23. The summed E-state index contributed by atoms with van der Waals surface area (Å²) in [5, 5.41) is 12.2. The van der Waals surface area contributed by atoms with Crippen molar-refractivity contribution in [2.45, 2.75) is 37.9 Å². The molecule has 0 aliphatic carbocycles. The fourth-order valence-electron chi connectivity index (χ4n) is 4.07. The van der Waals surface area contributed by atoms with E-state index in [-0.39, 0.29) is 25.0 Å². The van der Waals surface area contributed by atoms with Gasteiger partial charge in [-0.15, -0.1) is 11.3 Å². The zero-order valence-electron chi connectivity index (χ0n) is 17.1. The Morgan fingerprint density at radius 2 is 2.00 bits per heavy atom. The average molecular weight is 432 g/mol. The number of benzene rings is 1. The van der Waals surface area contributed by atoms with Crippen molar-refractivity contribution in [3.05, 3.63) is 47.0 Å². The topological polar surface area (TPSA) is 68.2 Å². The molecule has 2 aliphatic rings. The van der Waals surface area contributed by atoms with Crippen molar-refractivity contribution in [3.8, 4) is 0 Å². The lowest BCUT2D eigenvalue weighted by Crippen LogP contribution is -2.39. The second-order valence-electron chi connectivity index (χ2n) is 7.67. The summed E-state index contributed by atoms with van der Waals surface area (Å²) in [4.78, 5) is 15.0. The number of aliphatic hydroxyl groups excluding tert-OH is 1. The van der Waals surface area contributed by atoms with Crippen molar-refractivity contribution < 1.29 is 24.1 Å². The van der Waals surface area contributed by atoms with Gasteiger partial charge >= 0.3 is 0 Å². The van der Waals surface area contributed by atoms with Crippen LogP contribution in [0.1, 0.15) is 37.2 Å².